The zero-order valence-electron chi connectivity index (χ0n) is 19.4. The number of carbonyl (C=O) groups excluding carboxylic acids is 1. The highest BCUT2D eigenvalue weighted by Gasteiger charge is 2.52. The molecule has 8 heteroatoms. The van der Waals surface area contributed by atoms with Crippen molar-refractivity contribution < 1.29 is 37.3 Å². The molecule has 5 nitrogen and oxygen atoms in total. The lowest BCUT2D eigenvalue weighted by Gasteiger charge is -2.39. The summed E-state index contributed by atoms with van der Waals surface area (Å²) >= 11 is 0. The van der Waals surface area contributed by atoms with E-state index in [1.807, 2.05) is 0 Å². The predicted octanol–water partition coefficient (Wildman–Crippen LogP) is 6.31. The van der Waals surface area contributed by atoms with Gasteiger partial charge in [0.2, 0.25) is 11.5 Å². The predicted molar refractivity (Wildman–Crippen MR) is 120 cm³/mol. The number of methoxy groups -OCH3 is 1. The Labute approximate surface area is 196 Å². The number of hydrogen-bond acceptors (Lipinski definition) is 4. The molecule has 0 spiro atoms. The SMILES string of the molecule is COc1ccc(C(=O)Oc2ccc(C(C)[C@H](C)[C@](F)(C(=O)O)C3CCCCC3)cc2)c(F)c1F. The summed E-state index contributed by atoms with van der Waals surface area (Å²) in [6.45, 7) is 3.38. The third-order valence-electron chi connectivity index (χ3n) is 7.04. The average molecular weight is 479 g/mol. The third kappa shape index (κ3) is 4.91. The Bertz CT molecular complexity index is 1030. The quantitative estimate of drug-likeness (QED) is 0.356. The molecule has 1 N–H and O–H groups in total. The van der Waals surface area contributed by atoms with Crippen LogP contribution in [0.3, 0.4) is 0 Å². The van der Waals surface area contributed by atoms with Crippen molar-refractivity contribution >= 4 is 11.9 Å². The van der Waals surface area contributed by atoms with Crippen molar-refractivity contribution in [1.29, 1.82) is 0 Å². The fourth-order valence-electron chi connectivity index (χ4n) is 4.76. The Kier molecular flexibility index (Phi) is 7.89. The van der Waals surface area contributed by atoms with Crippen molar-refractivity contribution in [3.05, 3.63) is 59.2 Å². The Morgan fingerprint density at radius 3 is 2.18 bits per heavy atom. The number of ether oxygens (including phenoxy) is 2. The summed E-state index contributed by atoms with van der Waals surface area (Å²) in [6, 6.07) is 8.32. The number of carbonyl (C=O) groups is 2. The maximum Gasteiger partial charge on any atom is 0.346 e. The van der Waals surface area contributed by atoms with E-state index in [9.17, 15) is 23.5 Å². The number of alkyl halides is 1. The van der Waals surface area contributed by atoms with Gasteiger partial charge in [0.15, 0.2) is 11.6 Å². The molecule has 0 aliphatic heterocycles. The first-order chi connectivity index (χ1) is 16.1. The van der Waals surface area contributed by atoms with Crippen LogP contribution >= 0.6 is 0 Å². The summed E-state index contributed by atoms with van der Waals surface area (Å²) in [4.78, 5) is 24.3. The second-order valence-electron chi connectivity index (χ2n) is 8.89. The third-order valence-corrected chi connectivity index (χ3v) is 7.04. The van der Waals surface area contributed by atoms with E-state index in [1.54, 1.807) is 26.0 Å². The molecule has 0 aromatic heterocycles. The largest absolute Gasteiger partial charge is 0.494 e. The smallest absolute Gasteiger partial charge is 0.346 e. The van der Waals surface area contributed by atoms with Crippen molar-refractivity contribution in [2.45, 2.75) is 57.5 Å². The first kappa shape index (κ1) is 25.6. The van der Waals surface area contributed by atoms with Crippen LogP contribution in [0.25, 0.3) is 0 Å². The Hall–Kier alpha value is -3.03. The van der Waals surface area contributed by atoms with Crippen LogP contribution in [-0.4, -0.2) is 29.8 Å². The number of rotatable bonds is 8. The van der Waals surface area contributed by atoms with Crippen molar-refractivity contribution in [3.63, 3.8) is 0 Å². The second kappa shape index (κ2) is 10.5. The van der Waals surface area contributed by atoms with E-state index in [0.717, 1.165) is 31.4 Å². The summed E-state index contributed by atoms with van der Waals surface area (Å²) in [5.74, 6) is -7.19. The molecule has 34 heavy (non-hydrogen) atoms. The highest BCUT2D eigenvalue weighted by atomic mass is 19.2. The van der Waals surface area contributed by atoms with Gasteiger partial charge in [-0.3, -0.25) is 0 Å². The molecule has 0 heterocycles. The first-order valence-corrected chi connectivity index (χ1v) is 11.4. The van der Waals surface area contributed by atoms with Gasteiger partial charge in [-0.15, -0.1) is 0 Å². The van der Waals surface area contributed by atoms with Crippen molar-refractivity contribution in [2.24, 2.45) is 11.8 Å². The molecular formula is C26H29F3O5. The van der Waals surface area contributed by atoms with Crippen LogP contribution < -0.4 is 9.47 Å². The first-order valence-electron chi connectivity index (χ1n) is 11.4. The summed E-state index contributed by atoms with van der Waals surface area (Å²) in [5, 5.41) is 9.78. The summed E-state index contributed by atoms with van der Waals surface area (Å²) in [6.07, 6.45) is 3.74. The van der Waals surface area contributed by atoms with Crippen LogP contribution in [0.15, 0.2) is 36.4 Å². The molecule has 3 atom stereocenters. The van der Waals surface area contributed by atoms with Crippen molar-refractivity contribution in [1.82, 2.24) is 0 Å². The molecule has 0 amide bonds. The van der Waals surface area contributed by atoms with Gasteiger partial charge in [0.1, 0.15) is 5.75 Å². The Balaban J connectivity index is 1.75. The molecule has 184 valence electrons. The van der Waals surface area contributed by atoms with Gasteiger partial charge in [-0.2, -0.15) is 4.39 Å². The molecule has 1 aliphatic carbocycles. The molecule has 1 unspecified atom stereocenters. The minimum atomic E-state index is -2.35. The van der Waals surface area contributed by atoms with Gasteiger partial charge in [-0.05, 0) is 48.6 Å². The lowest BCUT2D eigenvalue weighted by Crippen LogP contribution is -2.49. The van der Waals surface area contributed by atoms with E-state index in [2.05, 4.69) is 4.74 Å². The molecule has 1 aliphatic rings. The van der Waals surface area contributed by atoms with Gasteiger partial charge < -0.3 is 14.6 Å². The summed E-state index contributed by atoms with van der Waals surface area (Å²) < 4.78 is 53.8. The van der Waals surface area contributed by atoms with Crippen LogP contribution in [0, 0.1) is 23.5 Å². The minimum absolute atomic E-state index is 0.0845. The summed E-state index contributed by atoms with van der Waals surface area (Å²) in [5.41, 5.74) is -2.26. The van der Waals surface area contributed by atoms with Gasteiger partial charge in [0, 0.05) is 11.8 Å². The maximum absolute atomic E-state index is 15.9. The molecule has 1 fully saturated rings. The molecule has 1 saturated carbocycles. The zero-order valence-corrected chi connectivity index (χ0v) is 19.4. The van der Waals surface area contributed by atoms with Crippen LogP contribution in [0.4, 0.5) is 13.2 Å². The van der Waals surface area contributed by atoms with Crippen LogP contribution in [0.5, 0.6) is 11.5 Å². The van der Waals surface area contributed by atoms with E-state index in [-0.39, 0.29) is 11.5 Å². The fourth-order valence-corrected chi connectivity index (χ4v) is 4.76. The van der Waals surface area contributed by atoms with Gasteiger partial charge in [0.25, 0.3) is 0 Å². The number of carboxylic acid groups (broad SMARTS) is 1. The average Bonchev–Trinajstić information content (AvgIpc) is 2.85. The normalized spacial score (nSPS) is 17.9. The molecule has 0 saturated heterocycles. The standard InChI is InChI=1S/C26H29F3O5/c1-15(16(2)26(29,25(31)32)18-7-5-4-6-8-18)17-9-11-19(12-10-17)34-24(30)20-13-14-21(33-3)23(28)22(20)27/h9-16,18H,4-8H2,1-3H3,(H,31,32)/t15?,16-,26+/m0/s1. The van der Waals surface area contributed by atoms with Crippen LogP contribution in [0.2, 0.25) is 0 Å². The van der Waals surface area contributed by atoms with E-state index in [0.29, 0.717) is 18.4 Å². The Morgan fingerprint density at radius 1 is 1.00 bits per heavy atom. The Morgan fingerprint density at radius 2 is 1.62 bits per heavy atom. The number of halogens is 3. The van der Waals surface area contributed by atoms with Gasteiger partial charge in [-0.25, -0.2) is 18.4 Å². The highest BCUT2D eigenvalue weighted by molar-refractivity contribution is 5.91. The second-order valence-corrected chi connectivity index (χ2v) is 8.89. The molecule has 2 aromatic rings. The van der Waals surface area contributed by atoms with Crippen molar-refractivity contribution in [2.75, 3.05) is 7.11 Å². The monoisotopic (exact) mass is 478 g/mol. The maximum atomic E-state index is 15.9. The van der Waals surface area contributed by atoms with Crippen LogP contribution in [0.1, 0.15) is 67.8 Å². The molecule has 2 aromatic carbocycles. The molecule has 3 rings (SSSR count). The van der Waals surface area contributed by atoms with E-state index in [4.69, 9.17) is 4.74 Å². The van der Waals surface area contributed by atoms with E-state index >= 15 is 4.39 Å². The van der Waals surface area contributed by atoms with E-state index < -0.39 is 52.6 Å². The highest BCUT2D eigenvalue weighted by Crippen LogP contribution is 2.45. The molecular weight excluding hydrogens is 449 g/mol. The van der Waals surface area contributed by atoms with E-state index in [1.165, 1.54) is 19.2 Å². The number of aliphatic carboxylic acids is 1. The molecule has 0 bridgehead atoms. The zero-order chi connectivity index (χ0) is 25.0. The number of hydrogen-bond donors (Lipinski definition) is 1. The topological polar surface area (TPSA) is 72.8 Å². The number of esters is 1. The lowest BCUT2D eigenvalue weighted by atomic mass is 9.67. The van der Waals surface area contributed by atoms with Crippen LogP contribution in [-0.2, 0) is 4.79 Å². The number of carboxylic acids is 1. The molecule has 0 radical (unpaired) electrons. The lowest BCUT2D eigenvalue weighted by molar-refractivity contribution is -0.162. The fraction of sp³-hybridized carbons (Fsp3) is 0.462. The van der Waals surface area contributed by atoms with Gasteiger partial charge >= 0.3 is 11.9 Å². The minimum Gasteiger partial charge on any atom is -0.494 e. The van der Waals surface area contributed by atoms with Gasteiger partial charge in [-0.1, -0.05) is 45.2 Å². The van der Waals surface area contributed by atoms with Crippen molar-refractivity contribution in [3.8, 4) is 11.5 Å². The van der Waals surface area contributed by atoms with Gasteiger partial charge in [0.05, 0.1) is 12.7 Å². The number of benzene rings is 2. The summed E-state index contributed by atoms with van der Waals surface area (Å²) in [7, 11) is 1.18.